The van der Waals surface area contributed by atoms with Crippen molar-refractivity contribution in [3.05, 3.63) is 27.7 Å². The lowest BCUT2D eigenvalue weighted by atomic mass is 9.84. The summed E-state index contributed by atoms with van der Waals surface area (Å²) in [5, 5.41) is 0. The summed E-state index contributed by atoms with van der Waals surface area (Å²) in [6.45, 7) is 1.74. The summed E-state index contributed by atoms with van der Waals surface area (Å²) in [4.78, 5) is 23.7. The van der Waals surface area contributed by atoms with E-state index in [9.17, 15) is 9.59 Å². The van der Waals surface area contributed by atoms with E-state index in [0.29, 0.717) is 5.92 Å². The number of carbonyl (C=O) groups is 1. The minimum Gasteiger partial charge on any atom is -0.468 e. The number of hydrogen-bond donors (Lipinski definition) is 1. The molecule has 1 fully saturated rings. The molecule has 2 N–H and O–H groups in total. The lowest BCUT2D eigenvalue weighted by Gasteiger charge is -2.22. The number of esters is 1. The maximum absolute atomic E-state index is 12.3. The van der Waals surface area contributed by atoms with Crippen LogP contribution in [0.15, 0.2) is 10.9 Å². The third-order valence-corrected chi connectivity index (χ3v) is 4.38. The highest BCUT2D eigenvalue weighted by atomic mass is 16.5. The maximum Gasteiger partial charge on any atom is 0.325 e. The van der Waals surface area contributed by atoms with E-state index in [2.05, 4.69) is 4.74 Å². The monoisotopic (exact) mass is 292 g/mol. The zero-order valence-electron chi connectivity index (χ0n) is 12.9. The number of nitrogens with two attached hydrogens (primary N) is 1. The molecule has 5 nitrogen and oxygen atoms in total. The molecule has 0 aromatic carbocycles. The minimum absolute atomic E-state index is 0.0882. The summed E-state index contributed by atoms with van der Waals surface area (Å²) in [5.74, 6) is 0.177. The van der Waals surface area contributed by atoms with Crippen molar-refractivity contribution in [3.8, 4) is 0 Å². The van der Waals surface area contributed by atoms with Gasteiger partial charge in [0, 0.05) is 5.69 Å². The third-order valence-electron chi connectivity index (χ3n) is 4.38. The van der Waals surface area contributed by atoms with Crippen LogP contribution in [-0.4, -0.2) is 17.6 Å². The van der Waals surface area contributed by atoms with Crippen molar-refractivity contribution in [3.63, 3.8) is 0 Å². The molecule has 1 heterocycles. The van der Waals surface area contributed by atoms with Gasteiger partial charge in [-0.05, 0) is 30.9 Å². The average Bonchev–Trinajstić information content (AvgIpc) is 2.49. The third kappa shape index (κ3) is 3.65. The Hall–Kier alpha value is -1.78. The molecule has 5 heteroatoms. The molecule has 1 aromatic rings. The van der Waals surface area contributed by atoms with Crippen molar-refractivity contribution < 1.29 is 9.53 Å². The highest BCUT2D eigenvalue weighted by Gasteiger charge is 2.18. The number of rotatable bonds is 4. The molecule has 0 radical (unpaired) electrons. The first-order chi connectivity index (χ1) is 10.0. The molecular weight excluding hydrogens is 268 g/mol. The Kier molecular flexibility index (Phi) is 5.04. The van der Waals surface area contributed by atoms with Crippen LogP contribution in [-0.2, 0) is 22.5 Å². The fourth-order valence-corrected chi connectivity index (χ4v) is 3.11. The molecule has 1 aliphatic carbocycles. The van der Waals surface area contributed by atoms with Crippen LogP contribution in [0.25, 0.3) is 0 Å². The molecule has 2 rings (SSSR count). The van der Waals surface area contributed by atoms with Crippen LogP contribution in [0.2, 0.25) is 0 Å². The second-order valence-electron chi connectivity index (χ2n) is 5.90. The number of nitrogen functional groups attached to an aromatic ring is 1. The van der Waals surface area contributed by atoms with Crippen LogP contribution in [0.5, 0.6) is 0 Å². The summed E-state index contributed by atoms with van der Waals surface area (Å²) in [6, 6.07) is 1.94. The number of aryl methyl sites for hydroxylation is 1. The molecule has 0 saturated heterocycles. The van der Waals surface area contributed by atoms with Crippen LogP contribution in [0.4, 0.5) is 5.69 Å². The fourth-order valence-electron chi connectivity index (χ4n) is 3.11. The first kappa shape index (κ1) is 15.6. The quantitative estimate of drug-likeness (QED) is 0.862. The summed E-state index contributed by atoms with van der Waals surface area (Å²) in [5.41, 5.74) is 7.67. The molecule has 0 unspecified atom stereocenters. The van der Waals surface area contributed by atoms with E-state index >= 15 is 0 Å². The largest absolute Gasteiger partial charge is 0.468 e. The Morgan fingerprint density at radius 1 is 1.38 bits per heavy atom. The molecule has 0 bridgehead atoms. The number of aromatic nitrogens is 1. The van der Waals surface area contributed by atoms with Crippen molar-refractivity contribution in [2.75, 3.05) is 12.8 Å². The number of hydrogen-bond acceptors (Lipinski definition) is 4. The van der Waals surface area contributed by atoms with Crippen LogP contribution in [0.3, 0.4) is 0 Å². The summed E-state index contributed by atoms with van der Waals surface area (Å²) < 4.78 is 6.00. The lowest BCUT2D eigenvalue weighted by molar-refractivity contribution is -0.141. The van der Waals surface area contributed by atoms with Crippen molar-refractivity contribution in [1.29, 1.82) is 0 Å². The molecule has 0 aliphatic heterocycles. The molecule has 1 saturated carbocycles. The van der Waals surface area contributed by atoms with Gasteiger partial charge in [0.05, 0.1) is 7.11 Å². The van der Waals surface area contributed by atoms with Crippen molar-refractivity contribution in [2.45, 2.75) is 52.0 Å². The molecule has 0 atom stereocenters. The number of anilines is 1. The van der Waals surface area contributed by atoms with E-state index in [1.807, 2.05) is 13.0 Å². The van der Waals surface area contributed by atoms with E-state index in [0.717, 1.165) is 17.7 Å². The van der Waals surface area contributed by atoms with E-state index in [1.165, 1.54) is 43.8 Å². The Labute approximate surface area is 125 Å². The Bertz CT molecular complexity index is 572. The van der Waals surface area contributed by atoms with Gasteiger partial charge in [-0.2, -0.15) is 0 Å². The van der Waals surface area contributed by atoms with Crippen molar-refractivity contribution in [1.82, 2.24) is 4.57 Å². The molecule has 21 heavy (non-hydrogen) atoms. The van der Waals surface area contributed by atoms with Crippen molar-refractivity contribution >= 4 is 11.7 Å². The summed E-state index contributed by atoms with van der Waals surface area (Å²) in [6.07, 6.45) is 7.13. The maximum atomic E-state index is 12.3. The van der Waals surface area contributed by atoms with Crippen LogP contribution >= 0.6 is 0 Å². The van der Waals surface area contributed by atoms with E-state index in [-0.39, 0.29) is 17.8 Å². The molecule has 0 spiro atoms. The van der Waals surface area contributed by atoms with Gasteiger partial charge in [0.25, 0.3) is 5.56 Å². The van der Waals surface area contributed by atoms with Gasteiger partial charge in [0.15, 0.2) is 0 Å². The predicted molar refractivity (Wildman–Crippen MR) is 82.1 cm³/mol. The zero-order valence-corrected chi connectivity index (χ0v) is 12.9. The van der Waals surface area contributed by atoms with Gasteiger partial charge < -0.3 is 10.5 Å². The number of carbonyl (C=O) groups excluding carboxylic acids is 1. The van der Waals surface area contributed by atoms with Gasteiger partial charge in [-0.1, -0.05) is 32.1 Å². The van der Waals surface area contributed by atoms with Gasteiger partial charge >= 0.3 is 5.97 Å². The first-order valence-corrected chi connectivity index (χ1v) is 7.58. The zero-order chi connectivity index (χ0) is 15.4. The van der Waals surface area contributed by atoms with Gasteiger partial charge in [-0.25, -0.2) is 0 Å². The summed E-state index contributed by atoms with van der Waals surface area (Å²) in [7, 11) is 1.31. The topological polar surface area (TPSA) is 74.3 Å². The highest BCUT2D eigenvalue weighted by molar-refractivity contribution is 5.69. The normalized spacial score (nSPS) is 15.9. The average molecular weight is 292 g/mol. The molecule has 0 amide bonds. The van der Waals surface area contributed by atoms with Crippen LogP contribution in [0, 0.1) is 12.8 Å². The van der Waals surface area contributed by atoms with Gasteiger partial charge in [-0.3, -0.25) is 14.2 Å². The molecule has 116 valence electrons. The summed E-state index contributed by atoms with van der Waals surface area (Å²) >= 11 is 0. The van der Waals surface area contributed by atoms with E-state index < -0.39 is 5.97 Å². The molecule has 1 aliphatic rings. The van der Waals surface area contributed by atoms with Crippen LogP contribution in [0.1, 0.15) is 43.4 Å². The lowest BCUT2D eigenvalue weighted by Crippen LogP contribution is -2.30. The van der Waals surface area contributed by atoms with E-state index in [1.54, 1.807) is 0 Å². The first-order valence-electron chi connectivity index (χ1n) is 7.58. The SMILES string of the molecule is COC(=O)Cn1c(C)cc(CC2CCCCC2)c(N)c1=O. The smallest absolute Gasteiger partial charge is 0.325 e. The van der Waals surface area contributed by atoms with Gasteiger partial charge in [0.2, 0.25) is 0 Å². The standard InChI is InChI=1S/C16H24N2O3/c1-11-8-13(9-12-6-4-3-5-7-12)15(17)16(20)18(11)10-14(19)21-2/h8,12H,3-7,9-10,17H2,1-2H3. The predicted octanol–water partition coefficient (Wildman–Crippen LogP) is 2.03. The second kappa shape index (κ2) is 6.78. The fraction of sp³-hybridized carbons (Fsp3) is 0.625. The minimum atomic E-state index is -0.445. The Morgan fingerprint density at radius 3 is 2.67 bits per heavy atom. The number of ether oxygens (including phenoxy) is 1. The number of pyridine rings is 1. The second-order valence-corrected chi connectivity index (χ2v) is 5.90. The Morgan fingerprint density at radius 2 is 2.05 bits per heavy atom. The van der Waals surface area contributed by atoms with Gasteiger partial charge in [0.1, 0.15) is 12.2 Å². The van der Waals surface area contributed by atoms with Crippen molar-refractivity contribution in [2.24, 2.45) is 5.92 Å². The molecular formula is C16H24N2O3. The van der Waals surface area contributed by atoms with Gasteiger partial charge in [-0.15, -0.1) is 0 Å². The van der Waals surface area contributed by atoms with Crippen LogP contribution < -0.4 is 11.3 Å². The highest BCUT2D eigenvalue weighted by Crippen LogP contribution is 2.28. The number of nitrogens with zero attached hydrogens (tertiary/aromatic N) is 1. The number of methoxy groups -OCH3 is 1. The Balaban J connectivity index is 2.24. The van der Waals surface area contributed by atoms with E-state index in [4.69, 9.17) is 5.73 Å². The molecule has 1 aromatic heterocycles.